The molecule has 0 atom stereocenters. The van der Waals surface area contributed by atoms with Gasteiger partial charge in [0.05, 0.1) is 13.7 Å². The third-order valence-electron chi connectivity index (χ3n) is 3.86. The first-order chi connectivity index (χ1) is 11.0. The fraction of sp³-hybridized carbons (Fsp3) is 0.316. The molecule has 2 aromatic carbocycles. The average molecular weight is 313 g/mol. The number of carbonyl (C=O) groups is 1. The number of hydrogen-bond donors (Lipinski definition) is 1. The van der Waals surface area contributed by atoms with E-state index in [-0.39, 0.29) is 5.91 Å². The number of carbonyl (C=O) groups excluding carboxylic acids is 1. The lowest BCUT2D eigenvalue weighted by Gasteiger charge is -2.12. The van der Waals surface area contributed by atoms with E-state index in [0.717, 1.165) is 22.6 Å². The van der Waals surface area contributed by atoms with Crippen LogP contribution in [0.4, 0.5) is 0 Å². The molecule has 0 unspecified atom stereocenters. The maximum Gasteiger partial charge on any atom is 0.251 e. The molecule has 23 heavy (non-hydrogen) atoms. The minimum atomic E-state index is -0.111. The summed E-state index contributed by atoms with van der Waals surface area (Å²) in [5.74, 6) is 1.53. The zero-order valence-electron chi connectivity index (χ0n) is 14.1. The Bertz CT molecular complexity index is 695. The second-order valence-corrected chi connectivity index (χ2v) is 5.49. The highest BCUT2D eigenvalue weighted by Gasteiger charge is 2.08. The lowest BCUT2D eigenvalue weighted by Crippen LogP contribution is -2.28. The fourth-order valence-electron chi connectivity index (χ4n) is 2.33. The first-order valence-electron chi connectivity index (χ1n) is 7.64. The maximum atomic E-state index is 12.1. The second kappa shape index (κ2) is 7.68. The fourth-order valence-corrected chi connectivity index (χ4v) is 2.33. The number of rotatable bonds is 6. The lowest BCUT2D eigenvalue weighted by molar-refractivity contribution is 0.0947. The van der Waals surface area contributed by atoms with Gasteiger partial charge in [-0.1, -0.05) is 12.1 Å². The van der Waals surface area contributed by atoms with Gasteiger partial charge in [-0.05, 0) is 61.7 Å². The van der Waals surface area contributed by atoms with Gasteiger partial charge in [-0.3, -0.25) is 4.79 Å². The van der Waals surface area contributed by atoms with Gasteiger partial charge >= 0.3 is 0 Å². The van der Waals surface area contributed by atoms with Crippen molar-refractivity contribution < 1.29 is 14.3 Å². The normalized spacial score (nSPS) is 10.3. The summed E-state index contributed by atoms with van der Waals surface area (Å²) in [5, 5.41) is 2.86. The quantitative estimate of drug-likeness (QED) is 0.831. The third-order valence-corrected chi connectivity index (χ3v) is 3.86. The van der Waals surface area contributed by atoms with Crippen molar-refractivity contribution in [2.24, 2.45) is 0 Å². The van der Waals surface area contributed by atoms with E-state index in [2.05, 4.69) is 18.3 Å². The highest BCUT2D eigenvalue weighted by atomic mass is 16.5. The molecule has 0 spiro atoms. The van der Waals surface area contributed by atoms with Crippen LogP contribution in [-0.4, -0.2) is 26.2 Å². The van der Waals surface area contributed by atoms with Gasteiger partial charge in [0.2, 0.25) is 0 Å². The number of amides is 1. The van der Waals surface area contributed by atoms with E-state index in [1.807, 2.05) is 32.0 Å². The first kappa shape index (κ1) is 16.9. The Balaban J connectivity index is 1.85. The molecule has 0 aliphatic carbocycles. The van der Waals surface area contributed by atoms with Gasteiger partial charge in [-0.25, -0.2) is 0 Å². The molecule has 1 amide bonds. The molecule has 0 saturated heterocycles. The molecule has 4 heteroatoms. The summed E-state index contributed by atoms with van der Waals surface area (Å²) in [5.41, 5.74) is 3.88. The summed E-state index contributed by atoms with van der Waals surface area (Å²) >= 11 is 0. The second-order valence-electron chi connectivity index (χ2n) is 5.49. The van der Waals surface area contributed by atoms with Crippen LogP contribution in [0.5, 0.6) is 11.5 Å². The van der Waals surface area contributed by atoms with Crippen LogP contribution in [-0.2, 0) is 0 Å². The average Bonchev–Trinajstić information content (AvgIpc) is 2.55. The van der Waals surface area contributed by atoms with E-state index < -0.39 is 0 Å². The SMILES string of the molecule is COc1ccc(C(=O)NCCOc2cccc(C)c2C)cc1C. The maximum absolute atomic E-state index is 12.1. The Hall–Kier alpha value is -2.49. The summed E-state index contributed by atoms with van der Waals surface area (Å²) < 4.78 is 10.9. The van der Waals surface area contributed by atoms with Crippen LogP contribution < -0.4 is 14.8 Å². The molecule has 122 valence electrons. The molecule has 0 fully saturated rings. The van der Waals surface area contributed by atoms with Gasteiger partial charge in [0.25, 0.3) is 5.91 Å². The number of benzene rings is 2. The summed E-state index contributed by atoms with van der Waals surface area (Å²) in [7, 11) is 1.62. The van der Waals surface area contributed by atoms with Gasteiger partial charge in [0.1, 0.15) is 18.1 Å². The van der Waals surface area contributed by atoms with Crippen molar-refractivity contribution in [1.29, 1.82) is 0 Å². The first-order valence-corrected chi connectivity index (χ1v) is 7.64. The van der Waals surface area contributed by atoms with Crippen LogP contribution in [0.1, 0.15) is 27.0 Å². The monoisotopic (exact) mass is 313 g/mol. The van der Waals surface area contributed by atoms with Crippen molar-refractivity contribution in [3.63, 3.8) is 0 Å². The number of aryl methyl sites for hydroxylation is 2. The topological polar surface area (TPSA) is 47.6 Å². The van der Waals surface area contributed by atoms with Crippen molar-refractivity contribution in [3.05, 3.63) is 58.7 Å². The van der Waals surface area contributed by atoms with Crippen molar-refractivity contribution in [3.8, 4) is 11.5 Å². The smallest absolute Gasteiger partial charge is 0.251 e. The Labute approximate surface area is 137 Å². The molecular formula is C19H23NO3. The van der Waals surface area contributed by atoms with Crippen molar-refractivity contribution >= 4 is 5.91 Å². The molecule has 0 bridgehead atoms. The van der Waals surface area contributed by atoms with E-state index >= 15 is 0 Å². The number of nitrogens with one attached hydrogen (secondary N) is 1. The third kappa shape index (κ3) is 4.25. The van der Waals surface area contributed by atoms with E-state index in [1.54, 1.807) is 19.2 Å². The van der Waals surface area contributed by atoms with E-state index in [4.69, 9.17) is 9.47 Å². The lowest BCUT2D eigenvalue weighted by atomic mass is 10.1. The van der Waals surface area contributed by atoms with Gasteiger partial charge in [0.15, 0.2) is 0 Å². The molecule has 4 nitrogen and oxygen atoms in total. The zero-order valence-corrected chi connectivity index (χ0v) is 14.1. The molecule has 1 N–H and O–H groups in total. The highest BCUT2D eigenvalue weighted by molar-refractivity contribution is 5.94. The van der Waals surface area contributed by atoms with Crippen LogP contribution >= 0.6 is 0 Å². The molecule has 0 saturated carbocycles. The Kier molecular flexibility index (Phi) is 5.63. The molecule has 2 aromatic rings. The predicted molar refractivity (Wildman–Crippen MR) is 91.5 cm³/mol. The van der Waals surface area contributed by atoms with E-state index in [0.29, 0.717) is 18.7 Å². The molecule has 0 radical (unpaired) electrons. The van der Waals surface area contributed by atoms with Crippen LogP contribution in [0.15, 0.2) is 36.4 Å². The largest absolute Gasteiger partial charge is 0.496 e. The van der Waals surface area contributed by atoms with Gasteiger partial charge in [-0.2, -0.15) is 0 Å². The predicted octanol–water partition coefficient (Wildman–Crippen LogP) is 3.43. The molecule has 0 aromatic heterocycles. The van der Waals surface area contributed by atoms with Gasteiger partial charge in [-0.15, -0.1) is 0 Å². The summed E-state index contributed by atoms with van der Waals surface area (Å²) in [6, 6.07) is 11.3. The van der Waals surface area contributed by atoms with Gasteiger partial charge in [0, 0.05) is 5.56 Å². The molecule has 0 heterocycles. The number of ether oxygens (including phenoxy) is 2. The molecule has 0 aliphatic rings. The van der Waals surface area contributed by atoms with Crippen LogP contribution in [0.2, 0.25) is 0 Å². The van der Waals surface area contributed by atoms with E-state index in [1.165, 1.54) is 5.56 Å². The number of hydrogen-bond acceptors (Lipinski definition) is 3. The molecular weight excluding hydrogens is 290 g/mol. The Morgan fingerprint density at radius 1 is 1.04 bits per heavy atom. The van der Waals surface area contributed by atoms with Crippen molar-refractivity contribution in [2.45, 2.75) is 20.8 Å². The summed E-state index contributed by atoms with van der Waals surface area (Å²) in [6.45, 7) is 6.89. The minimum Gasteiger partial charge on any atom is -0.496 e. The zero-order chi connectivity index (χ0) is 16.8. The molecule has 2 rings (SSSR count). The summed E-state index contributed by atoms with van der Waals surface area (Å²) in [6.07, 6.45) is 0. The highest BCUT2D eigenvalue weighted by Crippen LogP contribution is 2.20. The molecule has 0 aliphatic heterocycles. The standard InChI is InChI=1S/C19H23NO3/c1-13-6-5-7-18(15(13)3)23-11-10-20-19(21)16-8-9-17(22-4)14(2)12-16/h5-9,12H,10-11H2,1-4H3,(H,20,21). The van der Waals surface area contributed by atoms with Crippen molar-refractivity contribution in [1.82, 2.24) is 5.32 Å². The van der Waals surface area contributed by atoms with Crippen LogP contribution in [0.25, 0.3) is 0 Å². The van der Waals surface area contributed by atoms with Gasteiger partial charge < -0.3 is 14.8 Å². The van der Waals surface area contributed by atoms with Crippen LogP contribution in [0.3, 0.4) is 0 Å². The summed E-state index contributed by atoms with van der Waals surface area (Å²) in [4.78, 5) is 12.1. The van der Waals surface area contributed by atoms with E-state index in [9.17, 15) is 4.79 Å². The van der Waals surface area contributed by atoms with Crippen molar-refractivity contribution in [2.75, 3.05) is 20.3 Å². The Morgan fingerprint density at radius 2 is 1.83 bits per heavy atom. The van der Waals surface area contributed by atoms with Crippen LogP contribution in [0, 0.1) is 20.8 Å². The minimum absolute atomic E-state index is 0.111. The Morgan fingerprint density at radius 3 is 2.52 bits per heavy atom. The number of methoxy groups -OCH3 is 1.